The van der Waals surface area contributed by atoms with Gasteiger partial charge in [0.1, 0.15) is 0 Å². The Morgan fingerprint density at radius 2 is 2.11 bits per heavy atom. The number of benzene rings is 1. The summed E-state index contributed by atoms with van der Waals surface area (Å²) in [5.41, 5.74) is 2.39. The molecule has 1 aromatic rings. The van der Waals surface area contributed by atoms with Crippen molar-refractivity contribution in [1.29, 1.82) is 0 Å². The van der Waals surface area contributed by atoms with E-state index >= 15 is 0 Å². The molecule has 0 aromatic heterocycles. The molecule has 0 spiro atoms. The summed E-state index contributed by atoms with van der Waals surface area (Å²) in [4.78, 5) is 14.3. The Morgan fingerprint density at radius 3 is 2.83 bits per heavy atom. The molecule has 3 nitrogen and oxygen atoms in total. The third-order valence-electron chi connectivity index (χ3n) is 3.59. The molecule has 1 amide bonds. The number of anilines is 1. The largest absolute Gasteiger partial charge is 0.310 e. The van der Waals surface area contributed by atoms with Gasteiger partial charge in [-0.2, -0.15) is 0 Å². The molecule has 2 aliphatic rings. The van der Waals surface area contributed by atoms with E-state index in [-0.39, 0.29) is 24.4 Å². The average molecular weight is 267 g/mol. The molecule has 0 bridgehead atoms. The lowest BCUT2D eigenvalue weighted by Crippen LogP contribution is -2.45. The summed E-state index contributed by atoms with van der Waals surface area (Å²) in [6, 6.07) is 8.72. The monoisotopic (exact) mass is 266 g/mol. The summed E-state index contributed by atoms with van der Waals surface area (Å²) in [7, 11) is 0. The fourth-order valence-electron chi connectivity index (χ4n) is 2.48. The number of hydrogen-bond acceptors (Lipinski definition) is 2. The summed E-state index contributed by atoms with van der Waals surface area (Å²) in [5, 5.41) is 3.37. The minimum absolute atomic E-state index is 0. The molecular formula is C14H19ClN2O. The summed E-state index contributed by atoms with van der Waals surface area (Å²) in [5.74, 6) is 0.210. The second-order valence-corrected chi connectivity index (χ2v) is 5.03. The Balaban J connectivity index is 0.00000120. The molecular weight excluding hydrogens is 248 g/mol. The molecule has 18 heavy (non-hydrogen) atoms. The van der Waals surface area contributed by atoms with Gasteiger partial charge in [0.2, 0.25) is 5.91 Å². The van der Waals surface area contributed by atoms with Crippen molar-refractivity contribution >= 4 is 24.0 Å². The van der Waals surface area contributed by atoms with Gasteiger partial charge in [0.15, 0.2) is 0 Å². The highest BCUT2D eigenvalue weighted by Crippen LogP contribution is 2.28. The van der Waals surface area contributed by atoms with Gasteiger partial charge in [0.25, 0.3) is 0 Å². The van der Waals surface area contributed by atoms with Crippen LogP contribution < -0.4 is 10.2 Å². The van der Waals surface area contributed by atoms with E-state index in [1.165, 1.54) is 18.4 Å². The molecule has 1 N–H and O–H groups in total. The van der Waals surface area contributed by atoms with Crippen LogP contribution in [0.1, 0.15) is 25.3 Å². The van der Waals surface area contributed by atoms with Crippen LogP contribution >= 0.6 is 12.4 Å². The molecule has 0 radical (unpaired) electrons. The first-order valence-corrected chi connectivity index (χ1v) is 6.41. The first-order chi connectivity index (χ1) is 8.25. The summed E-state index contributed by atoms with van der Waals surface area (Å²) in [6.07, 6.45) is 3.42. The zero-order valence-electron chi connectivity index (χ0n) is 10.6. The van der Waals surface area contributed by atoms with E-state index in [2.05, 4.69) is 11.4 Å². The van der Waals surface area contributed by atoms with Crippen LogP contribution in [0.15, 0.2) is 24.3 Å². The van der Waals surface area contributed by atoms with Gasteiger partial charge in [0, 0.05) is 18.3 Å². The van der Waals surface area contributed by atoms with Gasteiger partial charge in [-0.25, -0.2) is 0 Å². The van der Waals surface area contributed by atoms with E-state index in [4.69, 9.17) is 0 Å². The average Bonchev–Trinajstić information content (AvgIpc) is 3.05. The molecule has 0 saturated heterocycles. The number of fused-ring (bicyclic) bond motifs is 1. The van der Waals surface area contributed by atoms with Crippen molar-refractivity contribution in [3.63, 3.8) is 0 Å². The van der Waals surface area contributed by atoms with Crippen LogP contribution in [-0.4, -0.2) is 24.5 Å². The third kappa shape index (κ3) is 2.52. The second-order valence-electron chi connectivity index (χ2n) is 5.03. The van der Waals surface area contributed by atoms with Crippen molar-refractivity contribution in [2.45, 2.75) is 38.3 Å². The van der Waals surface area contributed by atoms with Crippen molar-refractivity contribution < 1.29 is 4.79 Å². The number of carbonyl (C=O) groups excluding carboxylic acids is 1. The van der Waals surface area contributed by atoms with Gasteiger partial charge in [-0.3, -0.25) is 4.79 Å². The standard InChI is InChI=1S/C14H18N2O.ClH/c1-10(15-12-6-7-12)14(17)16-9-8-11-4-2-3-5-13(11)16;/h2-5,10,12,15H,6-9H2,1H3;1H. The maximum Gasteiger partial charge on any atom is 0.243 e. The Kier molecular flexibility index (Phi) is 3.93. The predicted molar refractivity (Wildman–Crippen MR) is 75.4 cm³/mol. The number of carbonyl (C=O) groups is 1. The number of nitrogens with zero attached hydrogens (tertiary/aromatic N) is 1. The zero-order valence-corrected chi connectivity index (χ0v) is 11.4. The minimum atomic E-state index is -0.0614. The van der Waals surface area contributed by atoms with Crippen LogP contribution in [0, 0.1) is 0 Å². The topological polar surface area (TPSA) is 32.3 Å². The van der Waals surface area contributed by atoms with Gasteiger partial charge < -0.3 is 10.2 Å². The number of halogens is 1. The fraction of sp³-hybridized carbons (Fsp3) is 0.500. The Hall–Kier alpha value is -1.06. The van der Waals surface area contributed by atoms with E-state index in [0.29, 0.717) is 6.04 Å². The molecule has 1 heterocycles. The molecule has 1 aliphatic carbocycles. The van der Waals surface area contributed by atoms with Crippen LogP contribution in [0.4, 0.5) is 5.69 Å². The van der Waals surface area contributed by atoms with Crippen LogP contribution in [0.2, 0.25) is 0 Å². The molecule has 1 saturated carbocycles. The van der Waals surface area contributed by atoms with Crippen LogP contribution in [0.5, 0.6) is 0 Å². The van der Waals surface area contributed by atoms with E-state index in [1.807, 2.05) is 30.0 Å². The molecule has 1 fully saturated rings. The Morgan fingerprint density at radius 1 is 1.39 bits per heavy atom. The molecule has 1 atom stereocenters. The van der Waals surface area contributed by atoms with Crippen LogP contribution in [0.3, 0.4) is 0 Å². The molecule has 1 aliphatic heterocycles. The molecule has 98 valence electrons. The van der Waals surface area contributed by atoms with Gasteiger partial charge in [-0.05, 0) is 37.8 Å². The second kappa shape index (κ2) is 5.29. The van der Waals surface area contributed by atoms with Crippen LogP contribution in [0.25, 0.3) is 0 Å². The van der Waals surface area contributed by atoms with Crippen molar-refractivity contribution in [3.05, 3.63) is 29.8 Å². The molecule has 1 unspecified atom stereocenters. The van der Waals surface area contributed by atoms with Crippen molar-refractivity contribution in [2.24, 2.45) is 0 Å². The Labute approximate surface area is 114 Å². The van der Waals surface area contributed by atoms with Crippen molar-refractivity contribution in [2.75, 3.05) is 11.4 Å². The maximum atomic E-state index is 12.3. The highest BCUT2D eigenvalue weighted by atomic mass is 35.5. The van der Waals surface area contributed by atoms with Gasteiger partial charge >= 0.3 is 0 Å². The van der Waals surface area contributed by atoms with Gasteiger partial charge in [-0.1, -0.05) is 18.2 Å². The first kappa shape index (κ1) is 13.4. The quantitative estimate of drug-likeness (QED) is 0.909. The van der Waals surface area contributed by atoms with Crippen molar-refractivity contribution in [1.82, 2.24) is 5.32 Å². The number of rotatable bonds is 3. The third-order valence-corrected chi connectivity index (χ3v) is 3.59. The summed E-state index contributed by atoms with van der Waals surface area (Å²) < 4.78 is 0. The fourth-order valence-corrected chi connectivity index (χ4v) is 2.48. The number of hydrogen-bond donors (Lipinski definition) is 1. The lowest BCUT2D eigenvalue weighted by molar-refractivity contribution is -0.120. The highest BCUT2D eigenvalue weighted by molar-refractivity contribution is 5.98. The van der Waals surface area contributed by atoms with E-state index in [9.17, 15) is 4.79 Å². The van der Waals surface area contributed by atoms with E-state index in [1.54, 1.807) is 0 Å². The number of amides is 1. The number of nitrogens with one attached hydrogen (secondary N) is 1. The lowest BCUT2D eigenvalue weighted by Gasteiger charge is -2.22. The minimum Gasteiger partial charge on any atom is -0.310 e. The highest BCUT2D eigenvalue weighted by Gasteiger charge is 2.31. The van der Waals surface area contributed by atoms with Crippen molar-refractivity contribution in [3.8, 4) is 0 Å². The number of para-hydroxylation sites is 1. The molecule has 1 aromatic carbocycles. The maximum absolute atomic E-state index is 12.3. The van der Waals surface area contributed by atoms with Gasteiger partial charge in [0.05, 0.1) is 6.04 Å². The predicted octanol–water partition coefficient (Wildman–Crippen LogP) is 2.14. The van der Waals surface area contributed by atoms with E-state index < -0.39 is 0 Å². The Bertz CT molecular complexity index is 445. The lowest BCUT2D eigenvalue weighted by atomic mass is 10.2. The SMILES string of the molecule is CC(NC1CC1)C(=O)N1CCc2ccccc21.Cl. The van der Waals surface area contributed by atoms with Crippen LogP contribution in [-0.2, 0) is 11.2 Å². The summed E-state index contributed by atoms with van der Waals surface area (Å²) >= 11 is 0. The normalized spacial score (nSPS) is 19.1. The zero-order chi connectivity index (χ0) is 11.8. The summed E-state index contributed by atoms with van der Waals surface area (Å²) in [6.45, 7) is 2.80. The first-order valence-electron chi connectivity index (χ1n) is 6.41. The van der Waals surface area contributed by atoms with E-state index in [0.717, 1.165) is 18.7 Å². The molecule has 3 rings (SSSR count). The molecule has 4 heteroatoms. The van der Waals surface area contributed by atoms with Gasteiger partial charge in [-0.15, -0.1) is 12.4 Å². The smallest absolute Gasteiger partial charge is 0.243 e.